The van der Waals surface area contributed by atoms with Gasteiger partial charge in [0.2, 0.25) is 0 Å². The van der Waals surface area contributed by atoms with Crippen LogP contribution < -0.4 is 0 Å². The first-order chi connectivity index (χ1) is 8.63. The molecule has 2 aliphatic heterocycles. The van der Waals surface area contributed by atoms with E-state index in [-0.39, 0.29) is 12.6 Å². The normalized spacial score (nSPS) is 27.8. The largest absolute Gasteiger partial charge is 0.480 e. The Bertz CT molecular complexity index is 334. The van der Waals surface area contributed by atoms with Crippen LogP contribution in [0.4, 0.5) is 4.79 Å². The zero-order valence-corrected chi connectivity index (χ0v) is 10.4. The Balaban J connectivity index is 1.93. The van der Waals surface area contributed by atoms with Gasteiger partial charge in [-0.1, -0.05) is 0 Å². The molecular formula is C12H20N2O4. The predicted molar refractivity (Wildman–Crippen MR) is 64.1 cm³/mol. The van der Waals surface area contributed by atoms with Crippen LogP contribution in [0, 0.1) is 5.92 Å². The van der Waals surface area contributed by atoms with E-state index in [0.717, 1.165) is 12.8 Å². The van der Waals surface area contributed by atoms with Gasteiger partial charge in [0.1, 0.15) is 6.04 Å². The highest BCUT2D eigenvalue weighted by Crippen LogP contribution is 2.24. The number of aliphatic hydroxyl groups excluding tert-OH is 1. The van der Waals surface area contributed by atoms with Crippen molar-refractivity contribution in [2.75, 3.05) is 26.2 Å². The summed E-state index contributed by atoms with van der Waals surface area (Å²) in [6, 6.07) is -0.810. The van der Waals surface area contributed by atoms with Gasteiger partial charge in [-0.25, -0.2) is 9.59 Å². The number of urea groups is 1. The lowest BCUT2D eigenvalue weighted by Gasteiger charge is -2.27. The molecule has 2 saturated heterocycles. The van der Waals surface area contributed by atoms with Crippen LogP contribution in [0.2, 0.25) is 0 Å². The van der Waals surface area contributed by atoms with Gasteiger partial charge in [-0.05, 0) is 31.6 Å². The molecule has 2 rings (SSSR count). The second kappa shape index (κ2) is 5.56. The van der Waals surface area contributed by atoms with E-state index in [1.807, 2.05) is 0 Å². The standard InChI is InChI=1S/C12H20N2O4/c15-7-4-9-3-6-13(8-9)12(18)14-5-1-2-10(14)11(16)17/h9-10,15H,1-8H2,(H,16,17)/t9?,10-/m1/s1. The van der Waals surface area contributed by atoms with Crippen molar-refractivity contribution in [3.05, 3.63) is 0 Å². The van der Waals surface area contributed by atoms with Crippen molar-refractivity contribution in [2.24, 2.45) is 5.92 Å². The maximum Gasteiger partial charge on any atom is 0.326 e. The molecule has 0 radical (unpaired) electrons. The van der Waals surface area contributed by atoms with Gasteiger partial charge in [-0.3, -0.25) is 0 Å². The van der Waals surface area contributed by atoms with Crippen LogP contribution in [0.3, 0.4) is 0 Å². The molecule has 0 aromatic carbocycles. The molecule has 2 heterocycles. The lowest BCUT2D eigenvalue weighted by molar-refractivity contribution is -0.141. The summed E-state index contributed by atoms with van der Waals surface area (Å²) in [6.07, 6.45) is 2.93. The predicted octanol–water partition coefficient (Wildman–Crippen LogP) is 0.360. The summed E-state index contributed by atoms with van der Waals surface area (Å²) in [6.45, 7) is 2.00. The summed E-state index contributed by atoms with van der Waals surface area (Å²) >= 11 is 0. The fourth-order valence-electron chi connectivity index (χ4n) is 2.86. The lowest BCUT2D eigenvalue weighted by atomic mass is 10.1. The SMILES string of the molecule is O=C(O)[C@H]1CCCN1C(=O)N1CCC(CCO)C1. The van der Waals surface area contributed by atoms with Crippen molar-refractivity contribution in [1.29, 1.82) is 0 Å². The van der Waals surface area contributed by atoms with Crippen LogP contribution in [-0.2, 0) is 4.79 Å². The summed E-state index contributed by atoms with van der Waals surface area (Å²) in [5.41, 5.74) is 0. The average molecular weight is 256 g/mol. The number of hydrogen-bond donors (Lipinski definition) is 2. The Morgan fingerprint density at radius 2 is 2.00 bits per heavy atom. The maximum atomic E-state index is 12.2. The first-order valence-corrected chi connectivity index (χ1v) is 6.52. The molecule has 0 spiro atoms. The Morgan fingerprint density at radius 3 is 2.67 bits per heavy atom. The number of carbonyl (C=O) groups excluding carboxylic acids is 1. The number of carboxylic acids is 1. The van der Waals surface area contributed by atoms with Crippen molar-refractivity contribution < 1.29 is 19.8 Å². The molecular weight excluding hydrogens is 236 g/mol. The summed E-state index contributed by atoms with van der Waals surface area (Å²) in [5.74, 6) is -0.559. The number of amides is 2. The highest BCUT2D eigenvalue weighted by atomic mass is 16.4. The van der Waals surface area contributed by atoms with Gasteiger partial charge < -0.3 is 20.0 Å². The van der Waals surface area contributed by atoms with Gasteiger partial charge >= 0.3 is 12.0 Å². The summed E-state index contributed by atoms with van der Waals surface area (Å²) in [5, 5.41) is 18.0. The summed E-state index contributed by atoms with van der Waals surface area (Å²) in [4.78, 5) is 26.5. The molecule has 18 heavy (non-hydrogen) atoms. The van der Waals surface area contributed by atoms with E-state index in [1.165, 1.54) is 4.90 Å². The molecule has 102 valence electrons. The molecule has 6 heteroatoms. The Morgan fingerprint density at radius 1 is 1.22 bits per heavy atom. The van der Waals surface area contributed by atoms with E-state index >= 15 is 0 Å². The molecule has 2 aliphatic rings. The van der Waals surface area contributed by atoms with E-state index in [2.05, 4.69) is 0 Å². The number of nitrogens with zero attached hydrogens (tertiary/aromatic N) is 2. The minimum atomic E-state index is -0.910. The third-order valence-electron chi connectivity index (χ3n) is 3.88. The minimum Gasteiger partial charge on any atom is -0.480 e. The number of hydrogen-bond acceptors (Lipinski definition) is 3. The van der Waals surface area contributed by atoms with Crippen LogP contribution in [0.1, 0.15) is 25.7 Å². The zero-order chi connectivity index (χ0) is 13.1. The average Bonchev–Trinajstić information content (AvgIpc) is 2.96. The lowest BCUT2D eigenvalue weighted by Crippen LogP contribution is -2.47. The fraction of sp³-hybridized carbons (Fsp3) is 0.833. The molecule has 0 bridgehead atoms. The van der Waals surface area contributed by atoms with E-state index in [9.17, 15) is 9.59 Å². The van der Waals surface area contributed by atoms with E-state index in [1.54, 1.807) is 4.90 Å². The van der Waals surface area contributed by atoms with Crippen molar-refractivity contribution in [1.82, 2.24) is 9.80 Å². The molecule has 2 atom stereocenters. The number of aliphatic hydroxyl groups is 1. The summed E-state index contributed by atoms with van der Waals surface area (Å²) < 4.78 is 0. The monoisotopic (exact) mass is 256 g/mol. The molecule has 0 aromatic heterocycles. The van der Waals surface area contributed by atoms with Gasteiger partial charge in [-0.15, -0.1) is 0 Å². The quantitative estimate of drug-likeness (QED) is 0.764. The third kappa shape index (κ3) is 2.58. The number of carbonyl (C=O) groups is 2. The summed E-state index contributed by atoms with van der Waals surface area (Å²) in [7, 11) is 0. The van der Waals surface area contributed by atoms with E-state index in [0.29, 0.717) is 38.4 Å². The second-order valence-electron chi connectivity index (χ2n) is 5.09. The highest BCUT2D eigenvalue weighted by Gasteiger charge is 2.38. The number of likely N-dealkylation sites (tertiary alicyclic amines) is 2. The maximum absolute atomic E-state index is 12.2. The van der Waals surface area contributed by atoms with E-state index < -0.39 is 12.0 Å². The Kier molecular flexibility index (Phi) is 4.06. The molecule has 2 amide bonds. The topological polar surface area (TPSA) is 81.1 Å². The first kappa shape index (κ1) is 13.1. The minimum absolute atomic E-state index is 0.147. The van der Waals surface area contributed by atoms with Crippen LogP contribution >= 0.6 is 0 Å². The molecule has 0 saturated carbocycles. The Hall–Kier alpha value is -1.30. The molecule has 0 aromatic rings. The number of carboxylic acid groups (broad SMARTS) is 1. The van der Waals surface area contributed by atoms with Gasteiger partial charge in [0.25, 0.3) is 0 Å². The van der Waals surface area contributed by atoms with Crippen molar-refractivity contribution in [2.45, 2.75) is 31.7 Å². The molecule has 2 fully saturated rings. The zero-order valence-electron chi connectivity index (χ0n) is 10.4. The van der Waals surface area contributed by atoms with Crippen LogP contribution in [0.15, 0.2) is 0 Å². The van der Waals surface area contributed by atoms with Gasteiger partial charge in [-0.2, -0.15) is 0 Å². The first-order valence-electron chi connectivity index (χ1n) is 6.52. The smallest absolute Gasteiger partial charge is 0.326 e. The van der Waals surface area contributed by atoms with Gasteiger partial charge in [0.05, 0.1) is 0 Å². The second-order valence-corrected chi connectivity index (χ2v) is 5.09. The van der Waals surface area contributed by atoms with Gasteiger partial charge in [0, 0.05) is 26.2 Å². The van der Waals surface area contributed by atoms with Crippen molar-refractivity contribution in [3.63, 3.8) is 0 Å². The third-order valence-corrected chi connectivity index (χ3v) is 3.88. The number of rotatable bonds is 3. The van der Waals surface area contributed by atoms with Gasteiger partial charge in [0.15, 0.2) is 0 Å². The molecule has 1 unspecified atom stereocenters. The fourth-order valence-corrected chi connectivity index (χ4v) is 2.86. The van der Waals surface area contributed by atoms with Crippen molar-refractivity contribution >= 4 is 12.0 Å². The molecule has 2 N–H and O–H groups in total. The molecule has 6 nitrogen and oxygen atoms in total. The van der Waals surface area contributed by atoms with Crippen LogP contribution in [0.25, 0.3) is 0 Å². The highest BCUT2D eigenvalue weighted by molar-refractivity contribution is 5.83. The van der Waals surface area contributed by atoms with E-state index in [4.69, 9.17) is 10.2 Å². The Labute approximate surface area is 106 Å². The molecule has 0 aliphatic carbocycles. The van der Waals surface area contributed by atoms with Crippen LogP contribution in [-0.4, -0.2) is 64.3 Å². The van der Waals surface area contributed by atoms with Crippen molar-refractivity contribution in [3.8, 4) is 0 Å². The van der Waals surface area contributed by atoms with Crippen LogP contribution in [0.5, 0.6) is 0 Å². The number of aliphatic carboxylic acids is 1.